The number of alkyl halides is 2. The zero-order valence-corrected chi connectivity index (χ0v) is 12.1. The number of aromatic nitrogens is 2. The van der Waals surface area contributed by atoms with Crippen molar-refractivity contribution in [2.45, 2.75) is 33.0 Å². The predicted molar refractivity (Wildman–Crippen MR) is 76.5 cm³/mol. The molecule has 6 heteroatoms. The molecule has 114 valence electrons. The number of aryl methyl sites for hydroxylation is 1. The molecule has 0 radical (unpaired) electrons. The summed E-state index contributed by atoms with van der Waals surface area (Å²) in [6.07, 6.45) is 3.66. The molecule has 1 aromatic carbocycles. The van der Waals surface area contributed by atoms with Crippen LogP contribution in [0.3, 0.4) is 0 Å². The van der Waals surface area contributed by atoms with Gasteiger partial charge in [0.1, 0.15) is 5.75 Å². The van der Waals surface area contributed by atoms with E-state index >= 15 is 0 Å². The first-order chi connectivity index (χ1) is 10.2. The topological polar surface area (TPSA) is 39.1 Å². The Bertz CT molecular complexity index is 572. The van der Waals surface area contributed by atoms with Crippen LogP contribution in [-0.2, 0) is 6.54 Å². The van der Waals surface area contributed by atoms with Crippen LogP contribution in [0, 0.1) is 0 Å². The summed E-state index contributed by atoms with van der Waals surface area (Å²) in [6.45, 7) is 2.58. The Kier molecular flexibility index (Phi) is 5.27. The normalized spacial score (nSPS) is 12.6. The van der Waals surface area contributed by atoms with E-state index in [1.165, 1.54) is 0 Å². The third-order valence-electron chi connectivity index (χ3n) is 3.16. The summed E-state index contributed by atoms with van der Waals surface area (Å²) in [7, 11) is 0. The number of nitrogens with one attached hydrogen (secondary N) is 1. The highest BCUT2D eigenvalue weighted by atomic mass is 19.3. The molecule has 0 spiro atoms. The summed E-state index contributed by atoms with van der Waals surface area (Å²) < 4.78 is 31.5. The van der Waals surface area contributed by atoms with Crippen LogP contribution in [0.5, 0.6) is 5.75 Å². The minimum Gasteiger partial charge on any atom is -0.434 e. The Balaban J connectivity index is 2.37. The van der Waals surface area contributed by atoms with Gasteiger partial charge >= 0.3 is 6.61 Å². The lowest BCUT2D eigenvalue weighted by Gasteiger charge is -2.20. The maximum atomic E-state index is 12.6. The Morgan fingerprint density at radius 1 is 1.29 bits per heavy atom. The number of ether oxygens (including phenoxy) is 1. The Morgan fingerprint density at radius 3 is 2.67 bits per heavy atom. The number of rotatable bonds is 7. The first-order valence-electron chi connectivity index (χ1n) is 6.95. The fraction of sp³-hybridized carbons (Fsp3) is 0.400. The molecular weight excluding hydrogens is 276 g/mol. The van der Waals surface area contributed by atoms with Crippen LogP contribution in [0.25, 0.3) is 0 Å². The van der Waals surface area contributed by atoms with Gasteiger partial charge in [-0.25, -0.2) is 0 Å². The molecule has 1 N–H and O–H groups in total. The molecule has 1 unspecified atom stereocenters. The fourth-order valence-corrected chi connectivity index (χ4v) is 2.24. The number of para-hydroxylation sites is 1. The lowest BCUT2D eigenvalue weighted by atomic mass is 10.0. The minimum atomic E-state index is -2.84. The summed E-state index contributed by atoms with van der Waals surface area (Å²) >= 11 is 0. The van der Waals surface area contributed by atoms with Crippen molar-refractivity contribution >= 4 is 0 Å². The van der Waals surface area contributed by atoms with E-state index in [4.69, 9.17) is 0 Å². The van der Waals surface area contributed by atoms with Crippen molar-refractivity contribution in [2.24, 2.45) is 0 Å². The van der Waals surface area contributed by atoms with Gasteiger partial charge in [0.25, 0.3) is 0 Å². The molecule has 0 aliphatic heterocycles. The van der Waals surface area contributed by atoms with Gasteiger partial charge in [-0.3, -0.25) is 4.68 Å². The zero-order chi connectivity index (χ0) is 15.2. The molecule has 0 saturated heterocycles. The van der Waals surface area contributed by atoms with Crippen LogP contribution in [-0.4, -0.2) is 22.9 Å². The van der Waals surface area contributed by atoms with Crippen LogP contribution in [0.1, 0.15) is 31.0 Å². The Morgan fingerprint density at radius 2 is 2.05 bits per heavy atom. The van der Waals surface area contributed by atoms with Crippen LogP contribution in [0.4, 0.5) is 8.78 Å². The van der Waals surface area contributed by atoms with E-state index in [0.29, 0.717) is 12.1 Å². The second-order valence-corrected chi connectivity index (χ2v) is 4.54. The van der Waals surface area contributed by atoms with Crippen molar-refractivity contribution < 1.29 is 13.5 Å². The third-order valence-corrected chi connectivity index (χ3v) is 3.16. The molecule has 1 heterocycles. The van der Waals surface area contributed by atoms with Gasteiger partial charge in [-0.2, -0.15) is 13.9 Å². The SMILES string of the molecule is CCNC(c1cnn(CC)c1)c1ccccc1OC(F)F. The molecule has 0 aliphatic carbocycles. The number of benzene rings is 1. The third kappa shape index (κ3) is 3.78. The van der Waals surface area contributed by atoms with Crippen molar-refractivity contribution in [1.82, 2.24) is 15.1 Å². The summed E-state index contributed by atoms with van der Waals surface area (Å²) in [5.74, 6) is 0.183. The van der Waals surface area contributed by atoms with Crippen molar-refractivity contribution in [3.63, 3.8) is 0 Å². The Hall–Kier alpha value is -1.95. The first kappa shape index (κ1) is 15.4. The van der Waals surface area contributed by atoms with E-state index < -0.39 is 6.61 Å². The molecule has 21 heavy (non-hydrogen) atoms. The average molecular weight is 295 g/mol. The van der Waals surface area contributed by atoms with Crippen molar-refractivity contribution in [3.8, 4) is 5.75 Å². The van der Waals surface area contributed by atoms with Crippen LogP contribution in [0.2, 0.25) is 0 Å². The van der Waals surface area contributed by atoms with E-state index in [9.17, 15) is 8.78 Å². The average Bonchev–Trinajstić information content (AvgIpc) is 2.94. The van der Waals surface area contributed by atoms with Gasteiger partial charge in [0.15, 0.2) is 0 Å². The molecule has 0 bridgehead atoms. The van der Waals surface area contributed by atoms with Gasteiger partial charge in [0.05, 0.1) is 12.2 Å². The standard InChI is InChI=1S/C15H19F2N3O/c1-3-18-14(11-9-19-20(4-2)10-11)12-7-5-6-8-13(12)21-15(16)17/h5-10,14-15,18H,3-4H2,1-2H3. The van der Waals surface area contributed by atoms with E-state index in [0.717, 1.165) is 12.1 Å². The molecule has 0 saturated carbocycles. The molecule has 0 fully saturated rings. The summed E-state index contributed by atoms with van der Waals surface area (Å²) in [4.78, 5) is 0. The van der Waals surface area contributed by atoms with Crippen molar-refractivity contribution in [1.29, 1.82) is 0 Å². The number of halogens is 2. The van der Waals surface area contributed by atoms with Gasteiger partial charge in [0.2, 0.25) is 0 Å². The molecule has 0 amide bonds. The van der Waals surface area contributed by atoms with Gasteiger partial charge in [-0.15, -0.1) is 0 Å². The second-order valence-electron chi connectivity index (χ2n) is 4.54. The van der Waals surface area contributed by atoms with Gasteiger partial charge < -0.3 is 10.1 Å². The number of hydrogen-bond acceptors (Lipinski definition) is 3. The summed E-state index contributed by atoms with van der Waals surface area (Å²) in [6, 6.07) is 6.59. The summed E-state index contributed by atoms with van der Waals surface area (Å²) in [5, 5.41) is 7.53. The van der Waals surface area contributed by atoms with Crippen LogP contribution >= 0.6 is 0 Å². The molecule has 1 aromatic heterocycles. The first-order valence-corrected chi connectivity index (χ1v) is 6.95. The molecule has 1 atom stereocenters. The van der Waals surface area contributed by atoms with Crippen molar-refractivity contribution in [2.75, 3.05) is 6.54 Å². The molecule has 2 aromatic rings. The number of nitrogens with zero attached hydrogens (tertiary/aromatic N) is 2. The molecule has 0 aliphatic rings. The van der Waals surface area contributed by atoms with E-state index in [1.807, 2.05) is 26.1 Å². The highest BCUT2D eigenvalue weighted by Gasteiger charge is 2.20. The Labute approximate surface area is 122 Å². The smallest absolute Gasteiger partial charge is 0.387 e. The van der Waals surface area contributed by atoms with Crippen molar-refractivity contribution in [3.05, 3.63) is 47.8 Å². The summed E-state index contributed by atoms with van der Waals surface area (Å²) in [5.41, 5.74) is 1.60. The number of hydrogen-bond donors (Lipinski definition) is 1. The largest absolute Gasteiger partial charge is 0.434 e. The molecule has 2 rings (SSSR count). The lowest BCUT2D eigenvalue weighted by molar-refractivity contribution is -0.0506. The zero-order valence-electron chi connectivity index (χ0n) is 12.1. The van der Waals surface area contributed by atoms with Gasteiger partial charge in [-0.1, -0.05) is 25.1 Å². The van der Waals surface area contributed by atoms with Gasteiger partial charge in [0, 0.05) is 23.9 Å². The fourth-order valence-electron chi connectivity index (χ4n) is 2.24. The van der Waals surface area contributed by atoms with Crippen LogP contribution < -0.4 is 10.1 Å². The maximum Gasteiger partial charge on any atom is 0.387 e. The molecule has 4 nitrogen and oxygen atoms in total. The monoisotopic (exact) mass is 295 g/mol. The van der Waals surface area contributed by atoms with Gasteiger partial charge in [-0.05, 0) is 19.5 Å². The maximum absolute atomic E-state index is 12.6. The van der Waals surface area contributed by atoms with E-state index in [2.05, 4.69) is 15.2 Å². The minimum absolute atomic E-state index is 0.183. The van der Waals surface area contributed by atoms with E-state index in [1.54, 1.807) is 29.1 Å². The quantitative estimate of drug-likeness (QED) is 0.852. The lowest BCUT2D eigenvalue weighted by Crippen LogP contribution is -2.22. The second kappa shape index (κ2) is 7.17. The molecular formula is C15H19F2N3O. The highest BCUT2D eigenvalue weighted by Crippen LogP contribution is 2.30. The van der Waals surface area contributed by atoms with Crippen LogP contribution in [0.15, 0.2) is 36.7 Å². The highest BCUT2D eigenvalue weighted by molar-refractivity contribution is 5.40. The predicted octanol–water partition coefficient (Wildman–Crippen LogP) is 3.20. The van der Waals surface area contributed by atoms with E-state index in [-0.39, 0.29) is 11.8 Å².